The molecule has 0 unspecified atom stereocenters. The van der Waals surface area contributed by atoms with E-state index in [1.807, 2.05) is 6.07 Å². The fraction of sp³-hybridized carbons (Fsp3) is 0.400. The van der Waals surface area contributed by atoms with Crippen molar-refractivity contribution in [1.82, 2.24) is 0 Å². The molecule has 0 aliphatic rings. The minimum absolute atomic E-state index is 0. The Morgan fingerprint density at radius 3 is 2.23 bits per heavy atom. The van der Waals surface area contributed by atoms with Crippen LogP contribution in [0.5, 0.6) is 0 Å². The van der Waals surface area contributed by atoms with E-state index in [4.69, 9.17) is 0 Å². The van der Waals surface area contributed by atoms with Crippen LogP contribution >= 0.6 is 9.64 Å². The van der Waals surface area contributed by atoms with Crippen LogP contribution in [0.1, 0.15) is 30.9 Å². The van der Waals surface area contributed by atoms with Crippen molar-refractivity contribution in [2.24, 2.45) is 0 Å². The van der Waals surface area contributed by atoms with Crippen molar-refractivity contribution >= 4 is 9.64 Å². The van der Waals surface area contributed by atoms with E-state index in [-0.39, 0.29) is 12.4 Å². The molecule has 0 N–H and O–H groups in total. The molecule has 0 saturated carbocycles. The average Bonchev–Trinajstić information content (AvgIpc) is 2.08. The monoisotopic (exact) mass is 395 g/mol. The summed E-state index contributed by atoms with van der Waals surface area (Å²) in [5.74, 6) is 0.597. The fourth-order valence-electron chi connectivity index (χ4n) is 0.938. The molecule has 13 heavy (non-hydrogen) atoms. The number of halogens is 2. The first-order valence-electron chi connectivity index (χ1n) is 3.82. The molecular formula is C10H13Cl2Os-2. The Morgan fingerprint density at radius 2 is 1.92 bits per heavy atom. The van der Waals surface area contributed by atoms with Crippen molar-refractivity contribution in [2.75, 3.05) is 0 Å². The molecule has 0 nitrogen and oxygen atoms in total. The number of hydrogen-bond acceptors (Lipinski definition) is 0. The van der Waals surface area contributed by atoms with E-state index in [9.17, 15) is 0 Å². The molecule has 0 aliphatic heterocycles. The third-order valence-electron chi connectivity index (χ3n) is 1.60. The van der Waals surface area contributed by atoms with Gasteiger partial charge in [-0.25, -0.2) is 0 Å². The number of hydrogen-bond donors (Lipinski definition) is 0. The molecule has 0 fully saturated rings. The van der Waals surface area contributed by atoms with Gasteiger partial charge in [0.15, 0.2) is 0 Å². The van der Waals surface area contributed by atoms with Crippen LogP contribution in [0.3, 0.4) is 0 Å². The molecule has 3 heteroatoms. The summed E-state index contributed by atoms with van der Waals surface area (Å²) in [6.07, 6.45) is 0. The van der Waals surface area contributed by atoms with Crippen molar-refractivity contribution in [3.63, 3.8) is 0 Å². The van der Waals surface area contributed by atoms with Gasteiger partial charge in [0.1, 0.15) is 0 Å². The molecule has 0 radical (unpaired) electrons. The molecule has 1 rings (SSSR count). The first kappa shape index (κ1) is 15.9. The van der Waals surface area contributed by atoms with Gasteiger partial charge < -0.3 is 12.4 Å². The van der Waals surface area contributed by atoms with Gasteiger partial charge in [-0.1, -0.05) is 20.8 Å². The van der Waals surface area contributed by atoms with Crippen LogP contribution in [-0.2, 0) is 17.6 Å². The van der Waals surface area contributed by atoms with E-state index in [0.717, 1.165) is 0 Å². The zero-order chi connectivity index (χ0) is 9.56. The normalized spacial score (nSPS) is 8.46. The Morgan fingerprint density at radius 1 is 1.38 bits per heavy atom. The Hall–Kier alpha value is 0.436. The second-order valence-corrected chi connectivity index (χ2v) is 2.98. The summed E-state index contributed by atoms with van der Waals surface area (Å²) in [7, 11) is 4.67. The standard InChI is InChI=1S/C10H13.2ClH.Os/c1-8(2)10-6-4-5-9(3)7-10;;;/h4-5,7-8H,1-3H3;2*1H;/q-1;;;+1/p-2. The van der Waals surface area contributed by atoms with Gasteiger partial charge in [-0.3, -0.25) is 0 Å². The zero-order valence-corrected chi connectivity index (χ0v) is 12.0. The summed E-state index contributed by atoms with van der Waals surface area (Å²) in [5, 5.41) is 0. The maximum atomic E-state index is 4.67. The van der Waals surface area contributed by atoms with Gasteiger partial charge in [0.25, 0.3) is 0 Å². The predicted octanol–water partition coefficient (Wildman–Crippen LogP) is 0.610. The van der Waals surface area contributed by atoms with E-state index in [0.29, 0.717) is 5.92 Å². The summed E-state index contributed by atoms with van der Waals surface area (Å²) in [5.41, 5.74) is 2.63. The van der Waals surface area contributed by atoms with Crippen LogP contribution in [0.15, 0.2) is 18.2 Å². The van der Waals surface area contributed by atoms with E-state index in [2.05, 4.69) is 48.6 Å². The number of benzene rings is 1. The van der Waals surface area contributed by atoms with Gasteiger partial charge in [-0.2, -0.15) is 35.4 Å². The van der Waals surface area contributed by atoms with E-state index < -0.39 is 0 Å². The van der Waals surface area contributed by atoms with Crippen LogP contribution in [0, 0.1) is 13.0 Å². The van der Waals surface area contributed by atoms with Gasteiger partial charge in [-0.15, -0.1) is 0 Å². The van der Waals surface area contributed by atoms with E-state index >= 15 is 0 Å². The first-order chi connectivity index (χ1) is 5.70. The zero-order valence-electron chi connectivity index (χ0n) is 7.92. The van der Waals surface area contributed by atoms with E-state index in [1.54, 1.807) is 0 Å². The number of rotatable bonds is 1. The molecule has 0 heterocycles. The second kappa shape index (κ2) is 9.01. The Kier molecular flexibility index (Phi) is 11.0. The Labute approximate surface area is 101 Å². The van der Waals surface area contributed by atoms with Gasteiger partial charge in [0.2, 0.25) is 0 Å². The van der Waals surface area contributed by atoms with Gasteiger partial charge >= 0.3 is 27.2 Å². The maximum absolute atomic E-state index is 4.67. The third kappa shape index (κ3) is 6.50. The molecule has 0 saturated heterocycles. The van der Waals surface area contributed by atoms with Gasteiger partial charge in [0.05, 0.1) is 0 Å². The molecule has 77 valence electrons. The first-order valence-corrected chi connectivity index (χ1v) is 6.96. The molecule has 0 aromatic heterocycles. The van der Waals surface area contributed by atoms with Crippen LogP contribution in [0.25, 0.3) is 0 Å². The third-order valence-corrected chi connectivity index (χ3v) is 1.60. The van der Waals surface area contributed by atoms with Crippen molar-refractivity contribution in [1.29, 1.82) is 0 Å². The molecule has 0 spiro atoms. The minimum atomic E-state index is 0. The molecular weight excluding hydrogens is 381 g/mol. The molecule has 0 bridgehead atoms. The van der Waals surface area contributed by atoms with Crippen molar-refractivity contribution in [3.05, 3.63) is 35.4 Å². The van der Waals surface area contributed by atoms with Crippen LogP contribution in [0.4, 0.5) is 0 Å². The summed E-state index contributed by atoms with van der Waals surface area (Å²) in [4.78, 5) is 0. The summed E-state index contributed by atoms with van der Waals surface area (Å²) >= 11 is 1.33. The molecule has 0 atom stereocenters. The van der Waals surface area contributed by atoms with Crippen LogP contribution < -0.4 is 12.4 Å². The summed E-state index contributed by atoms with van der Waals surface area (Å²) in [6.45, 7) is 6.48. The van der Waals surface area contributed by atoms with Gasteiger partial charge in [0, 0.05) is 0 Å². The molecule has 1 aromatic carbocycles. The van der Waals surface area contributed by atoms with Crippen molar-refractivity contribution < 1.29 is 30.0 Å². The fourth-order valence-corrected chi connectivity index (χ4v) is 0.938. The van der Waals surface area contributed by atoms with Crippen LogP contribution in [0.2, 0.25) is 0 Å². The topological polar surface area (TPSA) is 0 Å². The van der Waals surface area contributed by atoms with Gasteiger partial charge in [-0.05, 0) is 5.92 Å². The SMILES string of the molecule is Cc1cc[c-]c(C(C)C)c1.[Cl-].[Cl][Os]. The second-order valence-electron chi connectivity index (χ2n) is 2.98. The quantitative estimate of drug-likeness (QED) is 0.613. The average molecular weight is 394 g/mol. The predicted molar refractivity (Wildman–Crippen MR) is 50.0 cm³/mol. The Bertz CT molecular complexity index is 224. The van der Waals surface area contributed by atoms with Crippen molar-refractivity contribution in [2.45, 2.75) is 26.7 Å². The summed E-state index contributed by atoms with van der Waals surface area (Å²) in [6, 6.07) is 9.46. The van der Waals surface area contributed by atoms with Crippen LogP contribution in [-0.4, -0.2) is 0 Å². The Balaban J connectivity index is 0. The molecule has 1 aromatic rings. The summed E-state index contributed by atoms with van der Waals surface area (Å²) < 4.78 is 0. The molecule has 0 amide bonds. The van der Waals surface area contributed by atoms with Crippen molar-refractivity contribution in [3.8, 4) is 0 Å². The number of aryl methyl sites for hydroxylation is 1. The molecule has 0 aliphatic carbocycles. The van der Waals surface area contributed by atoms with E-state index in [1.165, 1.54) is 28.7 Å².